The molecule has 40 heavy (non-hydrogen) atoms. The number of benzene rings is 3. The Morgan fingerprint density at radius 3 is 2.35 bits per heavy atom. The summed E-state index contributed by atoms with van der Waals surface area (Å²) >= 11 is 0. The number of rotatable bonds is 10. The third-order valence-corrected chi connectivity index (χ3v) is 7.46. The highest BCUT2D eigenvalue weighted by Crippen LogP contribution is 2.44. The second kappa shape index (κ2) is 13.0. The lowest BCUT2D eigenvalue weighted by Crippen LogP contribution is -2.49. The van der Waals surface area contributed by atoms with Crippen molar-refractivity contribution in [1.82, 2.24) is 9.80 Å². The molecule has 1 fully saturated rings. The van der Waals surface area contributed by atoms with E-state index in [2.05, 4.69) is 10.2 Å². The Balaban J connectivity index is 1.55. The zero-order valence-electron chi connectivity index (χ0n) is 23.2. The number of carbonyl (C=O) groups is 2. The minimum Gasteiger partial charge on any atom is -0.494 e. The fourth-order valence-electron chi connectivity index (χ4n) is 5.56. The van der Waals surface area contributed by atoms with Gasteiger partial charge in [0.15, 0.2) is 0 Å². The summed E-state index contributed by atoms with van der Waals surface area (Å²) in [5.41, 5.74) is 2.77. The van der Waals surface area contributed by atoms with Crippen molar-refractivity contribution >= 4 is 17.5 Å². The highest BCUT2D eigenvalue weighted by Gasteiger charge is 2.44. The average Bonchev–Trinajstić information content (AvgIpc) is 2.99. The van der Waals surface area contributed by atoms with Crippen molar-refractivity contribution in [2.45, 2.75) is 25.8 Å². The number of fused-ring (bicyclic) bond motifs is 1. The van der Waals surface area contributed by atoms with E-state index in [1.165, 1.54) is 0 Å². The Labute approximate surface area is 235 Å². The number of anilines is 1. The summed E-state index contributed by atoms with van der Waals surface area (Å²) in [5, 5.41) is 3.12. The first-order valence-electron chi connectivity index (χ1n) is 14.1. The van der Waals surface area contributed by atoms with E-state index in [0.717, 1.165) is 30.0 Å². The van der Waals surface area contributed by atoms with Gasteiger partial charge in [-0.15, -0.1) is 0 Å². The number of carbonyl (C=O) groups excluding carboxylic acids is 2. The van der Waals surface area contributed by atoms with Gasteiger partial charge in [-0.25, -0.2) is 0 Å². The van der Waals surface area contributed by atoms with E-state index < -0.39 is 12.0 Å². The summed E-state index contributed by atoms with van der Waals surface area (Å²) in [4.78, 5) is 32.4. The van der Waals surface area contributed by atoms with Gasteiger partial charge in [0.2, 0.25) is 5.91 Å². The smallest absolute Gasteiger partial charge is 0.254 e. The molecule has 2 aliphatic heterocycles. The molecule has 5 rings (SSSR count). The summed E-state index contributed by atoms with van der Waals surface area (Å²) in [5.74, 6) is 0.468. The Hall–Kier alpha value is -3.88. The van der Waals surface area contributed by atoms with Gasteiger partial charge in [-0.1, -0.05) is 42.5 Å². The molecule has 0 radical (unpaired) electrons. The Morgan fingerprint density at radius 2 is 1.60 bits per heavy atom. The number of nitrogens with one attached hydrogen (secondary N) is 1. The van der Waals surface area contributed by atoms with E-state index in [1.807, 2.05) is 91.5 Å². The second-order valence-electron chi connectivity index (χ2n) is 9.88. The molecular formula is C32H37N3O5. The first-order valence-corrected chi connectivity index (χ1v) is 14.1. The first-order chi connectivity index (χ1) is 19.6. The van der Waals surface area contributed by atoms with Crippen molar-refractivity contribution in [2.75, 3.05) is 57.9 Å². The van der Waals surface area contributed by atoms with Crippen LogP contribution in [0.15, 0.2) is 72.8 Å². The number of morpholine rings is 1. The molecule has 2 amide bonds. The van der Waals surface area contributed by atoms with E-state index in [9.17, 15) is 9.59 Å². The minimum absolute atomic E-state index is 0.0680. The number of nitrogens with zero attached hydrogens (tertiary/aromatic N) is 2. The third-order valence-electron chi connectivity index (χ3n) is 7.46. The van der Waals surface area contributed by atoms with Crippen molar-refractivity contribution in [3.05, 3.63) is 89.5 Å². The van der Waals surface area contributed by atoms with E-state index in [1.54, 1.807) is 0 Å². The van der Waals surface area contributed by atoms with Crippen LogP contribution in [0.3, 0.4) is 0 Å². The maximum atomic E-state index is 14.2. The topological polar surface area (TPSA) is 80.3 Å². The van der Waals surface area contributed by atoms with E-state index in [-0.39, 0.29) is 11.8 Å². The lowest BCUT2D eigenvalue weighted by Gasteiger charge is -2.43. The van der Waals surface area contributed by atoms with Crippen molar-refractivity contribution < 1.29 is 23.8 Å². The predicted molar refractivity (Wildman–Crippen MR) is 154 cm³/mol. The van der Waals surface area contributed by atoms with Gasteiger partial charge in [-0.2, -0.15) is 0 Å². The van der Waals surface area contributed by atoms with Crippen LogP contribution in [0, 0.1) is 0 Å². The molecule has 3 aromatic rings. The van der Waals surface area contributed by atoms with Crippen LogP contribution < -0.4 is 14.8 Å². The van der Waals surface area contributed by atoms with Crippen LogP contribution in [-0.4, -0.2) is 74.2 Å². The summed E-state index contributed by atoms with van der Waals surface area (Å²) in [6.45, 7) is 9.11. The van der Waals surface area contributed by atoms with Gasteiger partial charge < -0.3 is 24.4 Å². The molecule has 2 heterocycles. The van der Waals surface area contributed by atoms with Gasteiger partial charge in [-0.05, 0) is 55.3 Å². The fourth-order valence-corrected chi connectivity index (χ4v) is 5.56. The van der Waals surface area contributed by atoms with Crippen LogP contribution in [0.2, 0.25) is 0 Å². The quantitative estimate of drug-likeness (QED) is 0.398. The van der Waals surface area contributed by atoms with Gasteiger partial charge in [0.05, 0.1) is 44.1 Å². The average molecular weight is 544 g/mol. The molecule has 8 heteroatoms. The molecule has 1 saturated heterocycles. The van der Waals surface area contributed by atoms with Gasteiger partial charge in [-0.3, -0.25) is 14.5 Å². The van der Waals surface area contributed by atoms with Gasteiger partial charge in [0.25, 0.3) is 5.91 Å². The molecule has 0 aliphatic carbocycles. The molecule has 0 bridgehead atoms. The normalized spacial score (nSPS) is 19.1. The molecule has 2 atom stereocenters. The minimum atomic E-state index is -0.633. The van der Waals surface area contributed by atoms with E-state index >= 15 is 0 Å². The monoisotopic (exact) mass is 543 g/mol. The highest BCUT2D eigenvalue weighted by atomic mass is 16.5. The van der Waals surface area contributed by atoms with Crippen molar-refractivity contribution in [3.63, 3.8) is 0 Å². The van der Waals surface area contributed by atoms with Crippen LogP contribution in [-0.2, 0) is 9.53 Å². The standard InChI is InChI=1S/C32H37N3O5/c1-3-39-24-15-13-23(14-16-24)30-29(31(36)33-27-11-7-8-12-28(27)40-4-2)25-9-5-6-10-26(25)32(37)35(30)18-17-34-19-21-38-22-20-34/h5-16,29-30H,3-4,17-22H2,1-2H3,(H,33,36)/t29-,30-/m1/s1. The third kappa shape index (κ3) is 5.98. The van der Waals surface area contributed by atoms with Gasteiger partial charge in [0, 0.05) is 31.7 Å². The van der Waals surface area contributed by atoms with Crippen LogP contribution in [0.5, 0.6) is 11.5 Å². The maximum absolute atomic E-state index is 14.2. The van der Waals surface area contributed by atoms with E-state index in [0.29, 0.717) is 56.5 Å². The maximum Gasteiger partial charge on any atom is 0.254 e. The number of ether oxygens (including phenoxy) is 3. The summed E-state index contributed by atoms with van der Waals surface area (Å²) in [7, 11) is 0. The Kier molecular flexibility index (Phi) is 8.98. The SMILES string of the molecule is CCOc1ccc([C@@H]2[C@H](C(=O)Nc3ccccc3OCC)c3ccccc3C(=O)N2CCN2CCOCC2)cc1. The van der Waals surface area contributed by atoms with Crippen molar-refractivity contribution in [3.8, 4) is 11.5 Å². The molecule has 210 valence electrons. The summed E-state index contributed by atoms with van der Waals surface area (Å²) in [6, 6.07) is 22.1. The second-order valence-corrected chi connectivity index (χ2v) is 9.88. The molecular weight excluding hydrogens is 506 g/mol. The van der Waals surface area contributed by atoms with Crippen LogP contribution >= 0.6 is 0 Å². The molecule has 0 spiro atoms. The zero-order valence-corrected chi connectivity index (χ0v) is 23.2. The molecule has 0 aromatic heterocycles. The lowest BCUT2D eigenvalue weighted by atomic mass is 9.79. The molecule has 3 aromatic carbocycles. The molecule has 0 saturated carbocycles. The van der Waals surface area contributed by atoms with Gasteiger partial charge >= 0.3 is 0 Å². The largest absolute Gasteiger partial charge is 0.494 e. The highest BCUT2D eigenvalue weighted by molar-refractivity contribution is 6.04. The number of hydrogen-bond donors (Lipinski definition) is 1. The summed E-state index contributed by atoms with van der Waals surface area (Å²) in [6.07, 6.45) is 0. The first kappa shape index (κ1) is 27.7. The van der Waals surface area contributed by atoms with Gasteiger partial charge in [0.1, 0.15) is 11.5 Å². The molecule has 8 nitrogen and oxygen atoms in total. The molecule has 0 unspecified atom stereocenters. The zero-order chi connectivity index (χ0) is 27.9. The number of hydrogen-bond acceptors (Lipinski definition) is 6. The number of para-hydroxylation sites is 2. The predicted octanol–water partition coefficient (Wildman–Crippen LogP) is 4.74. The Morgan fingerprint density at radius 1 is 0.900 bits per heavy atom. The molecule has 1 N–H and O–H groups in total. The number of amides is 2. The van der Waals surface area contributed by atoms with Crippen LogP contribution in [0.4, 0.5) is 5.69 Å². The van der Waals surface area contributed by atoms with Crippen LogP contribution in [0.1, 0.15) is 47.3 Å². The Bertz CT molecular complexity index is 1310. The lowest BCUT2D eigenvalue weighted by molar-refractivity contribution is -0.119. The van der Waals surface area contributed by atoms with E-state index in [4.69, 9.17) is 14.2 Å². The summed E-state index contributed by atoms with van der Waals surface area (Å²) < 4.78 is 17.0. The van der Waals surface area contributed by atoms with Crippen molar-refractivity contribution in [2.24, 2.45) is 0 Å². The van der Waals surface area contributed by atoms with Crippen molar-refractivity contribution in [1.29, 1.82) is 0 Å². The fraction of sp³-hybridized carbons (Fsp3) is 0.375. The molecule has 2 aliphatic rings. The van der Waals surface area contributed by atoms with Crippen LogP contribution in [0.25, 0.3) is 0 Å².